The summed E-state index contributed by atoms with van der Waals surface area (Å²) < 4.78 is 5.55. The Morgan fingerprint density at radius 3 is 2.76 bits per heavy atom. The first-order valence-corrected chi connectivity index (χ1v) is 6.64. The van der Waals surface area contributed by atoms with Crippen molar-refractivity contribution in [2.45, 2.75) is 44.8 Å². The van der Waals surface area contributed by atoms with E-state index in [2.05, 4.69) is 18.3 Å². The Kier molecular flexibility index (Phi) is 4.30. The highest BCUT2D eigenvalue weighted by molar-refractivity contribution is 6.33. The second-order valence-electron chi connectivity index (χ2n) is 4.74. The first kappa shape index (κ1) is 12.7. The summed E-state index contributed by atoms with van der Waals surface area (Å²) in [6.07, 6.45) is 5.12. The molecule has 0 spiro atoms. The monoisotopic (exact) mass is 253 g/mol. The van der Waals surface area contributed by atoms with Crippen LogP contribution in [0.1, 0.15) is 31.2 Å². The minimum Gasteiger partial charge on any atom is -0.379 e. The number of nitrogens with one attached hydrogen (secondary N) is 1. The van der Waals surface area contributed by atoms with Crippen molar-refractivity contribution in [1.82, 2.24) is 0 Å². The average molecular weight is 254 g/mol. The Morgan fingerprint density at radius 1 is 1.29 bits per heavy atom. The minimum absolute atomic E-state index is 0.305. The first-order chi connectivity index (χ1) is 8.22. The van der Waals surface area contributed by atoms with Crippen molar-refractivity contribution in [1.29, 1.82) is 0 Å². The number of aryl methyl sites for hydroxylation is 1. The molecule has 2 nitrogen and oxygen atoms in total. The molecule has 1 aromatic rings. The maximum absolute atomic E-state index is 6.24. The highest BCUT2D eigenvalue weighted by Crippen LogP contribution is 2.30. The zero-order chi connectivity index (χ0) is 12.3. The van der Waals surface area contributed by atoms with Crippen LogP contribution in [0.2, 0.25) is 5.02 Å². The highest BCUT2D eigenvalue weighted by atomic mass is 35.5. The molecule has 1 fully saturated rings. The zero-order valence-electron chi connectivity index (χ0n) is 10.5. The van der Waals surface area contributed by atoms with Gasteiger partial charge in [-0.25, -0.2) is 0 Å². The van der Waals surface area contributed by atoms with Crippen LogP contribution in [-0.4, -0.2) is 19.3 Å². The number of rotatable bonds is 3. The lowest BCUT2D eigenvalue weighted by molar-refractivity contribution is 0.0606. The fourth-order valence-electron chi connectivity index (χ4n) is 2.54. The van der Waals surface area contributed by atoms with Crippen LogP contribution in [0, 0.1) is 6.92 Å². The second-order valence-corrected chi connectivity index (χ2v) is 5.15. The van der Waals surface area contributed by atoms with Gasteiger partial charge in [0.05, 0.1) is 22.9 Å². The number of anilines is 1. The Labute approximate surface area is 108 Å². The van der Waals surface area contributed by atoms with Crippen LogP contribution in [0.15, 0.2) is 18.2 Å². The van der Waals surface area contributed by atoms with E-state index in [-0.39, 0.29) is 0 Å². The van der Waals surface area contributed by atoms with Gasteiger partial charge in [0, 0.05) is 7.11 Å². The van der Waals surface area contributed by atoms with Gasteiger partial charge in [-0.1, -0.05) is 36.6 Å². The van der Waals surface area contributed by atoms with Gasteiger partial charge < -0.3 is 10.1 Å². The van der Waals surface area contributed by atoms with Crippen molar-refractivity contribution in [3.05, 3.63) is 28.8 Å². The molecule has 0 heterocycles. The van der Waals surface area contributed by atoms with E-state index in [4.69, 9.17) is 16.3 Å². The molecule has 1 aliphatic rings. The van der Waals surface area contributed by atoms with Crippen molar-refractivity contribution in [3.63, 3.8) is 0 Å². The molecule has 0 aromatic heterocycles. The molecule has 94 valence electrons. The van der Waals surface area contributed by atoms with Gasteiger partial charge in [0.15, 0.2) is 0 Å². The minimum atomic E-state index is 0.305. The van der Waals surface area contributed by atoms with Gasteiger partial charge in [-0.05, 0) is 31.4 Å². The number of hydrogen-bond acceptors (Lipinski definition) is 2. The Hall–Kier alpha value is -0.730. The summed E-state index contributed by atoms with van der Waals surface area (Å²) in [4.78, 5) is 0. The van der Waals surface area contributed by atoms with Gasteiger partial charge in [0.1, 0.15) is 0 Å². The molecule has 1 aliphatic carbocycles. The highest BCUT2D eigenvalue weighted by Gasteiger charge is 2.25. The molecule has 2 unspecified atom stereocenters. The summed E-state index contributed by atoms with van der Waals surface area (Å²) in [5.41, 5.74) is 2.25. The van der Waals surface area contributed by atoms with Gasteiger partial charge in [-0.3, -0.25) is 0 Å². The van der Waals surface area contributed by atoms with Crippen molar-refractivity contribution >= 4 is 17.3 Å². The summed E-state index contributed by atoms with van der Waals surface area (Å²) in [7, 11) is 1.80. The van der Waals surface area contributed by atoms with E-state index < -0.39 is 0 Å². The van der Waals surface area contributed by atoms with Crippen LogP contribution < -0.4 is 5.32 Å². The summed E-state index contributed by atoms with van der Waals surface area (Å²) >= 11 is 6.24. The number of methoxy groups -OCH3 is 1. The van der Waals surface area contributed by atoms with E-state index in [0.717, 1.165) is 23.6 Å². The van der Waals surface area contributed by atoms with E-state index >= 15 is 0 Å². The first-order valence-electron chi connectivity index (χ1n) is 6.27. The molecule has 0 amide bonds. The summed E-state index contributed by atoms with van der Waals surface area (Å²) in [5, 5.41) is 4.36. The Morgan fingerprint density at radius 2 is 2.06 bits per heavy atom. The molecule has 2 atom stereocenters. The maximum Gasteiger partial charge on any atom is 0.0772 e. The van der Waals surface area contributed by atoms with Crippen molar-refractivity contribution in [3.8, 4) is 0 Å². The van der Waals surface area contributed by atoms with Gasteiger partial charge >= 0.3 is 0 Å². The van der Waals surface area contributed by atoms with Crippen LogP contribution in [0.5, 0.6) is 0 Å². The number of benzene rings is 1. The van der Waals surface area contributed by atoms with Crippen LogP contribution >= 0.6 is 11.6 Å². The standard InChI is InChI=1S/C14H20ClNO/c1-10-6-5-7-11(15)14(10)16-12-8-3-4-9-13(12)17-2/h5-7,12-13,16H,3-4,8-9H2,1-2H3. The molecule has 0 bridgehead atoms. The summed E-state index contributed by atoms with van der Waals surface area (Å²) in [6.45, 7) is 2.08. The van der Waals surface area contributed by atoms with E-state index in [1.807, 2.05) is 12.1 Å². The maximum atomic E-state index is 6.24. The smallest absolute Gasteiger partial charge is 0.0772 e. The van der Waals surface area contributed by atoms with Gasteiger partial charge in [0.25, 0.3) is 0 Å². The lowest BCUT2D eigenvalue weighted by atomic mass is 9.92. The van der Waals surface area contributed by atoms with Gasteiger partial charge in [0.2, 0.25) is 0 Å². The van der Waals surface area contributed by atoms with Crippen LogP contribution in [0.4, 0.5) is 5.69 Å². The number of hydrogen-bond donors (Lipinski definition) is 1. The topological polar surface area (TPSA) is 21.3 Å². The quantitative estimate of drug-likeness (QED) is 0.879. The average Bonchev–Trinajstić information content (AvgIpc) is 2.34. The third-order valence-corrected chi connectivity index (χ3v) is 3.87. The Bertz CT molecular complexity index is 360. The van der Waals surface area contributed by atoms with E-state index in [0.29, 0.717) is 12.1 Å². The SMILES string of the molecule is COC1CCCCC1Nc1c(C)cccc1Cl. The summed E-state index contributed by atoms with van der Waals surface area (Å²) in [5.74, 6) is 0. The van der Waals surface area contributed by atoms with Crippen molar-refractivity contribution < 1.29 is 4.74 Å². The third-order valence-electron chi connectivity index (χ3n) is 3.56. The molecule has 0 radical (unpaired) electrons. The van der Waals surface area contributed by atoms with E-state index in [1.165, 1.54) is 18.4 Å². The molecule has 17 heavy (non-hydrogen) atoms. The predicted octanol–water partition coefficient (Wildman–Crippen LogP) is 4.02. The molecule has 3 heteroatoms. The summed E-state index contributed by atoms with van der Waals surface area (Å²) in [6, 6.07) is 6.38. The fraction of sp³-hybridized carbons (Fsp3) is 0.571. The molecular weight excluding hydrogens is 234 g/mol. The molecule has 0 saturated heterocycles. The lowest BCUT2D eigenvalue weighted by Crippen LogP contribution is -2.38. The molecular formula is C14H20ClNO. The van der Waals surface area contributed by atoms with Crippen LogP contribution in [0.25, 0.3) is 0 Å². The third kappa shape index (κ3) is 2.93. The van der Waals surface area contributed by atoms with Gasteiger partial charge in [-0.2, -0.15) is 0 Å². The number of para-hydroxylation sites is 1. The second kappa shape index (κ2) is 5.74. The van der Waals surface area contributed by atoms with Crippen LogP contribution in [0.3, 0.4) is 0 Å². The molecule has 1 saturated carbocycles. The number of halogens is 1. The predicted molar refractivity (Wildman–Crippen MR) is 72.9 cm³/mol. The molecule has 0 aliphatic heterocycles. The fourth-order valence-corrected chi connectivity index (χ4v) is 2.82. The van der Waals surface area contributed by atoms with E-state index in [9.17, 15) is 0 Å². The largest absolute Gasteiger partial charge is 0.379 e. The Balaban J connectivity index is 2.13. The molecule has 1 N–H and O–H groups in total. The van der Waals surface area contributed by atoms with Crippen molar-refractivity contribution in [2.24, 2.45) is 0 Å². The normalized spacial score (nSPS) is 24.6. The van der Waals surface area contributed by atoms with Gasteiger partial charge in [-0.15, -0.1) is 0 Å². The zero-order valence-corrected chi connectivity index (χ0v) is 11.3. The van der Waals surface area contributed by atoms with Crippen LogP contribution in [-0.2, 0) is 4.74 Å². The lowest BCUT2D eigenvalue weighted by Gasteiger charge is -2.32. The molecule has 1 aromatic carbocycles. The molecule has 2 rings (SSSR count). The number of ether oxygens (including phenoxy) is 1. The van der Waals surface area contributed by atoms with Crippen molar-refractivity contribution in [2.75, 3.05) is 12.4 Å². The van der Waals surface area contributed by atoms with E-state index in [1.54, 1.807) is 7.11 Å².